The number of nitrogens with one attached hydrogen (secondary N) is 2. The Morgan fingerprint density at radius 3 is 2.48 bits per heavy atom. The van der Waals surface area contributed by atoms with Crippen molar-refractivity contribution in [2.45, 2.75) is 40.7 Å². The smallest absolute Gasteiger partial charge is 0.340 e. The lowest BCUT2D eigenvalue weighted by Crippen LogP contribution is -2.16. The monoisotopic (exact) mass is 318 g/mol. The molecule has 23 heavy (non-hydrogen) atoms. The summed E-state index contributed by atoms with van der Waals surface area (Å²) < 4.78 is 6.82. The number of nitrogens with zero attached hydrogens (tertiary/aromatic N) is 2. The molecule has 0 unspecified atom stereocenters. The third-order valence-electron chi connectivity index (χ3n) is 3.46. The molecule has 2 rings (SSSR count). The Hall–Kier alpha value is -2.57. The van der Waals surface area contributed by atoms with Crippen LogP contribution in [0.15, 0.2) is 6.07 Å². The summed E-state index contributed by atoms with van der Waals surface area (Å²) in [7, 11) is 1.75. The van der Waals surface area contributed by atoms with Crippen molar-refractivity contribution in [1.29, 1.82) is 0 Å². The fraction of sp³-hybridized carbons (Fsp3) is 0.438. The lowest BCUT2D eigenvalue weighted by molar-refractivity contribution is 0.0376. The normalized spacial score (nSPS) is 10.9. The third-order valence-corrected chi connectivity index (χ3v) is 3.46. The van der Waals surface area contributed by atoms with Crippen LogP contribution in [-0.4, -0.2) is 32.7 Å². The molecule has 7 heteroatoms. The molecule has 0 aliphatic rings. The molecule has 1 amide bonds. The molecular weight excluding hydrogens is 296 g/mol. The van der Waals surface area contributed by atoms with Gasteiger partial charge in [0.05, 0.1) is 17.4 Å². The van der Waals surface area contributed by atoms with Crippen LogP contribution < -0.4 is 5.32 Å². The zero-order valence-electron chi connectivity index (χ0n) is 14.3. The van der Waals surface area contributed by atoms with Crippen molar-refractivity contribution in [1.82, 2.24) is 14.8 Å². The van der Waals surface area contributed by atoms with Crippen LogP contribution in [0.25, 0.3) is 0 Å². The predicted molar refractivity (Wildman–Crippen MR) is 86.7 cm³/mol. The molecule has 7 nitrogen and oxygen atoms in total. The number of rotatable bonds is 4. The first-order valence-electron chi connectivity index (χ1n) is 7.42. The molecule has 2 aromatic rings. The van der Waals surface area contributed by atoms with Crippen LogP contribution in [0.3, 0.4) is 0 Å². The largest absolute Gasteiger partial charge is 0.459 e. The number of amides is 1. The van der Waals surface area contributed by atoms with Crippen LogP contribution in [0.2, 0.25) is 0 Å². The molecule has 0 aliphatic carbocycles. The Labute approximate surface area is 135 Å². The number of carbonyl (C=O) groups is 2. The van der Waals surface area contributed by atoms with Crippen LogP contribution >= 0.6 is 0 Å². The summed E-state index contributed by atoms with van der Waals surface area (Å²) in [6.45, 7) is 8.89. The fourth-order valence-electron chi connectivity index (χ4n) is 2.46. The van der Waals surface area contributed by atoms with E-state index in [1.54, 1.807) is 45.5 Å². The molecule has 0 bridgehead atoms. The van der Waals surface area contributed by atoms with Gasteiger partial charge in [-0.1, -0.05) is 0 Å². The van der Waals surface area contributed by atoms with Crippen molar-refractivity contribution in [3.05, 3.63) is 34.3 Å². The maximum absolute atomic E-state index is 12.5. The predicted octanol–water partition coefficient (Wildman–Crippen LogP) is 2.49. The van der Waals surface area contributed by atoms with Crippen LogP contribution in [0, 0.1) is 20.8 Å². The standard InChI is InChI=1S/C16H22N4O3/c1-8(2)23-16(22)13-10(4)14(17-11(13)5)15(21)18-12-7-9(3)19-20(12)6/h7-8,17H,1-6H3,(H,18,21). The van der Waals surface area contributed by atoms with E-state index in [0.29, 0.717) is 28.3 Å². The van der Waals surface area contributed by atoms with Gasteiger partial charge in [-0.15, -0.1) is 0 Å². The second kappa shape index (κ2) is 6.28. The van der Waals surface area contributed by atoms with Crippen molar-refractivity contribution in [2.75, 3.05) is 5.32 Å². The highest BCUT2D eigenvalue weighted by Gasteiger charge is 2.24. The summed E-state index contributed by atoms with van der Waals surface area (Å²) in [6.07, 6.45) is -0.217. The maximum atomic E-state index is 12.5. The lowest BCUT2D eigenvalue weighted by atomic mass is 10.1. The van der Waals surface area contributed by atoms with Gasteiger partial charge in [-0.3, -0.25) is 9.48 Å². The van der Waals surface area contributed by atoms with Gasteiger partial charge in [0, 0.05) is 18.8 Å². The average Bonchev–Trinajstić information content (AvgIpc) is 2.88. The second-order valence-corrected chi connectivity index (χ2v) is 5.83. The summed E-state index contributed by atoms with van der Waals surface area (Å²) in [5.74, 6) is -0.163. The van der Waals surface area contributed by atoms with Gasteiger partial charge in [0.15, 0.2) is 0 Å². The number of H-pyrrole nitrogens is 1. The molecule has 2 N–H and O–H groups in total. The minimum atomic E-state index is -0.429. The van der Waals surface area contributed by atoms with E-state index < -0.39 is 5.97 Å². The van der Waals surface area contributed by atoms with E-state index in [4.69, 9.17) is 4.74 Å². The number of anilines is 1. The number of hydrogen-bond donors (Lipinski definition) is 2. The number of hydrogen-bond acceptors (Lipinski definition) is 4. The van der Waals surface area contributed by atoms with Crippen molar-refractivity contribution in [2.24, 2.45) is 7.05 Å². The molecule has 0 spiro atoms. The van der Waals surface area contributed by atoms with Gasteiger partial charge >= 0.3 is 5.97 Å². The van der Waals surface area contributed by atoms with Crippen LogP contribution in [0.5, 0.6) is 0 Å². The van der Waals surface area contributed by atoms with Gasteiger partial charge in [0.2, 0.25) is 0 Å². The van der Waals surface area contributed by atoms with E-state index in [2.05, 4.69) is 15.4 Å². The third kappa shape index (κ3) is 3.44. The van der Waals surface area contributed by atoms with Crippen molar-refractivity contribution in [3.8, 4) is 0 Å². The Morgan fingerprint density at radius 1 is 1.30 bits per heavy atom. The molecule has 0 fully saturated rings. The molecular formula is C16H22N4O3. The first-order chi connectivity index (χ1) is 10.7. The minimum Gasteiger partial charge on any atom is -0.459 e. The number of aromatic nitrogens is 3. The van der Waals surface area contributed by atoms with E-state index >= 15 is 0 Å². The Morgan fingerprint density at radius 2 is 1.96 bits per heavy atom. The first kappa shape index (κ1) is 16.8. The van der Waals surface area contributed by atoms with E-state index in [9.17, 15) is 9.59 Å². The van der Waals surface area contributed by atoms with Gasteiger partial charge in [-0.2, -0.15) is 5.10 Å². The average molecular weight is 318 g/mol. The Bertz CT molecular complexity index is 756. The molecule has 0 saturated carbocycles. The zero-order chi connectivity index (χ0) is 17.3. The first-order valence-corrected chi connectivity index (χ1v) is 7.42. The number of aryl methyl sites for hydroxylation is 3. The van der Waals surface area contributed by atoms with Crippen molar-refractivity contribution >= 4 is 17.7 Å². The number of carbonyl (C=O) groups excluding carboxylic acids is 2. The van der Waals surface area contributed by atoms with Gasteiger partial charge in [-0.05, 0) is 40.2 Å². The van der Waals surface area contributed by atoms with E-state index in [1.807, 2.05) is 6.92 Å². The molecule has 0 aliphatic heterocycles. The van der Waals surface area contributed by atoms with Crippen molar-refractivity contribution < 1.29 is 14.3 Å². The van der Waals surface area contributed by atoms with Gasteiger partial charge in [0.1, 0.15) is 11.5 Å². The SMILES string of the molecule is Cc1cc(NC(=O)c2[nH]c(C)c(C(=O)OC(C)C)c2C)n(C)n1. The second-order valence-electron chi connectivity index (χ2n) is 5.83. The van der Waals surface area contributed by atoms with Crippen molar-refractivity contribution in [3.63, 3.8) is 0 Å². The minimum absolute atomic E-state index is 0.217. The molecule has 0 atom stereocenters. The van der Waals surface area contributed by atoms with E-state index in [1.165, 1.54) is 0 Å². The van der Waals surface area contributed by atoms with Crippen LogP contribution in [-0.2, 0) is 11.8 Å². The molecule has 0 radical (unpaired) electrons. The molecule has 0 aromatic carbocycles. The fourth-order valence-corrected chi connectivity index (χ4v) is 2.46. The summed E-state index contributed by atoms with van der Waals surface area (Å²) in [6, 6.07) is 1.77. The topological polar surface area (TPSA) is 89.0 Å². The molecule has 124 valence electrons. The molecule has 2 aromatic heterocycles. The van der Waals surface area contributed by atoms with Gasteiger partial charge in [-0.25, -0.2) is 4.79 Å². The summed E-state index contributed by atoms with van der Waals surface area (Å²) in [4.78, 5) is 27.6. The summed E-state index contributed by atoms with van der Waals surface area (Å²) >= 11 is 0. The van der Waals surface area contributed by atoms with Crippen LogP contribution in [0.1, 0.15) is 51.6 Å². The van der Waals surface area contributed by atoms with E-state index in [-0.39, 0.29) is 12.0 Å². The van der Waals surface area contributed by atoms with Gasteiger partial charge in [0.25, 0.3) is 5.91 Å². The van der Waals surface area contributed by atoms with Crippen LogP contribution in [0.4, 0.5) is 5.82 Å². The lowest BCUT2D eigenvalue weighted by Gasteiger charge is -2.08. The quantitative estimate of drug-likeness (QED) is 0.848. The molecule has 0 saturated heterocycles. The highest BCUT2D eigenvalue weighted by Crippen LogP contribution is 2.21. The maximum Gasteiger partial charge on any atom is 0.340 e. The number of aromatic amines is 1. The molecule has 2 heterocycles. The van der Waals surface area contributed by atoms with Gasteiger partial charge < -0.3 is 15.0 Å². The van der Waals surface area contributed by atoms with E-state index in [0.717, 1.165) is 5.69 Å². The highest BCUT2D eigenvalue weighted by molar-refractivity contribution is 6.06. The Balaban J connectivity index is 2.28. The summed E-state index contributed by atoms with van der Waals surface area (Å²) in [5, 5.41) is 6.97. The number of esters is 1. The summed E-state index contributed by atoms with van der Waals surface area (Å²) in [5.41, 5.74) is 2.74. The zero-order valence-corrected chi connectivity index (χ0v) is 14.3. The highest BCUT2D eigenvalue weighted by atomic mass is 16.5. The number of ether oxygens (including phenoxy) is 1. The Kier molecular flexibility index (Phi) is 4.58.